The van der Waals surface area contributed by atoms with Crippen molar-refractivity contribution in [2.24, 2.45) is 5.92 Å². The number of rotatable bonds is 7. The lowest BCUT2D eigenvalue weighted by Crippen LogP contribution is -2.09. The molecule has 0 aliphatic carbocycles. The van der Waals surface area contributed by atoms with Gasteiger partial charge in [0.05, 0.1) is 0 Å². The molecule has 0 bridgehead atoms. The average molecular weight is 315 g/mol. The fourth-order valence-electron chi connectivity index (χ4n) is 2.03. The van der Waals surface area contributed by atoms with Gasteiger partial charge in [-0.2, -0.15) is 0 Å². The quantitative estimate of drug-likeness (QED) is 0.618. The summed E-state index contributed by atoms with van der Waals surface area (Å²) in [5.74, 6) is 0.0834. The molecule has 0 aliphatic rings. The normalized spacial score (nSPS) is 12.4. The lowest BCUT2D eigenvalue weighted by Gasteiger charge is -2.14. The smallest absolute Gasteiger partial charge is 0.164 e. The van der Waals surface area contributed by atoms with Crippen LogP contribution in [-0.4, -0.2) is 5.78 Å². The molecule has 18 heavy (non-hydrogen) atoms. The molecular formula is C15H20BrFO. The maximum absolute atomic E-state index is 13.2. The zero-order chi connectivity index (χ0) is 13.5. The minimum Gasteiger partial charge on any atom is -0.294 e. The van der Waals surface area contributed by atoms with Gasteiger partial charge in [-0.05, 0) is 24.1 Å². The summed E-state index contributed by atoms with van der Waals surface area (Å²) in [6.45, 7) is 4.26. The lowest BCUT2D eigenvalue weighted by molar-refractivity contribution is 0.0955. The highest BCUT2D eigenvalue weighted by atomic mass is 79.9. The molecule has 1 unspecified atom stereocenters. The molecule has 1 nitrogen and oxygen atoms in total. The third-order valence-corrected chi connectivity index (χ3v) is 3.94. The van der Waals surface area contributed by atoms with Crippen LogP contribution in [0.5, 0.6) is 0 Å². The molecule has 1 atom stereocenters. The van der Waals surface area contributed by atoms with Crippen LogP contribution < -0.4 is 0 Å². The maximum Gasteiger partial charge on any atom is 0.164 e. The highest BCUT2D eigenvalue weighted by molar-refractivity contribution is 9.10. The Morgan fingerprint density at radius 2 is 2.11 bits per heavy atom. The van der Waals surface area contributed by atoms with Crippen LogP contribution in [0.3, 0.4) is 0 Å². The molecular weight excluding hydrogens is 295 g/mol. The Bertz CT molecular complexity index is 403. The van der Waals surface area contributed by atoms with E-state index in [4.69, 9.17) is 0 Å². The molecule has 0 amide bonds. The standard InChI is InChI=1S/C15H20BrFO/c1-3-5-6-11(4-2)9-15(18)13-10-12(17)7-8-14(13)16/h7-8,10-11H,3-6,9H2,1-2H3. The number of unbranched alkanes of at least 4 members (excludes halogenated alkanes) is 1. The van der Waals surface area contributed by atoms with E-state index >= 15 is 0 Å². The first kappa shape index (κ1) is 15.4. The summed E-state index contributed by atoms with van der Waals surface area (Å²) in [6, 6.07) is 4.27. The van der Waals surface area contributed by atoms with Gasteiger partial charge < -0.3 is 0 Å². The van der Waals surface area contributed by atoms with E-state index in [1.165, 1.54) is 12.1 Å². The summed E-state index contributed by atoms with van der Waals surface area (Å²) in [5, 5.41) is 0. The molecule has 1 aromatic carbocycles. The number of ketones is 1. The van der Waals surface area contributed by atoms with Crippen molar-refractivity contribution in [1.82, 2.24) is 0 Å². The highest BCUT2D eigenvalue weighted by Gasteiger charge is 2.16. The van der Waals surface area contributed by atoms with Crippen molar-refractivity contribution >= 4 is 21.7 Å². The van der Waals surface area contributed by atoms with E-state index in [2.05, 4.69) is 29.8 Å². The van der Waals surface area contributed by atoms with Crippen molar-refractivity contribution in [3.8, 4) is 0 Å². The molecule has 0 heterocycles. The molecule has 100 valence electrons. The second-order valence-electron chi connectivity index (χ2n) is 4.67. The Labute approximate surface area is 117 Å². The first-order chi connectivity index (χ1) is 8.58. The molecule has 1 aromatic rings. The zero-order valence-electron chi connectivity index (χ0n) is 11.0. The van der Waals surface area contributed by atoms with Crippen molar-refractivity contribution in [2.45, 2.75) is 46.0 Å². The van der Waals surface area contributed by atoms with E-state index in [1.807, 2.05) is 0 Å². The van der Waals surface area contributed by atoms with E-state index < -0.39 is 0 Å². The van der Waals surface area contributed by atoms with E-state index in [0.29, 0.717) is 22.4 Å². The number of halogens is 2. The van der Waals surface area contributed by atoms with E-state index in [0.717, 1.165) is 25.7 Å². The van der Waals surface area contributed by atoms with Crippen molar-refractivity contribution in [1.29, 1.82) is 0 Å². The van der Waals surface area contributed by atoms with Gasteiger partial charge in [0.25, 0.3) is 0 Å². The SMILES string of the molecule is CCCCC(CC)CC(=O)c1cc(F)ccc1Br. The second kappa shape index (κ2) is 7.67. The van der Waals surface area contributed by atoms with Gasteiger partial charge in [0, 0.05) is 16.5 Å². The minimum absolute atomic E-state index is 0.0318. The predicted octanol–water partition coefficient (Wildman–Crippen LogP) is 5.38. The summed E-state index contributed by atoms with van der Waals surface area (Å²) < 4.78 is 13.8. The number of hydrogen-bond acceptors (Lipinski definition) is 1. The summed E-state index contributed by atoms with van der Waals surface area (Å²) in [5.41, 5.74) is 0.463. The molecule has 0 aromatic heterocycles. The van der Waals surface area contributed by atoms with Gasteiger partial charge in [0.15, 0.2) is 5.78 Å². The van der Waals surface area contributed by atoms with Crippen LogP contribution in [0.25, 0.3) is 0 Å². The fourth-order valence-corrected chi connectivity index (χ4v) is 2.49. The van der Waals surface area contributed by atoms with Crippen LogP contribution in [0.15, 0.2) is 22.7 Å². The first-order valence-corrected chi connectivity index (χ1v) is 7.36. The summed E-state index contributed by atoms with van der Waals surface area (Å²) in [6.07, 6.45) is 4.88. The van der Waals surface area contributed by atoms with Crippen molar-refractivity contribution in [3.05, 3.63) is 34.1 Å². The minimum atomic E-state index is -0.358. The fraction of sp³-hybridized carbons (Fsp3) is 0.533. The van der Waals surface area contributed by atoms with Gasteiger partial charge in [-0.3, -0.25) is 4.79 Å². The molecule has 0 N–H and O–H groups in total. The van der Waals surface area contributed by atoms with Crippen LogP contribution in [0.2, 0.25) is 0 Å². The molecule has 0 spiro atoms. The number of carbonyl (C=O) groups is 1. The van der Waals surface area contributed by atoms with Crippen LogP contribution in [0.1, 0.15) is 56.3 Å². The molecule has 0 fully saturated rings. The number of Topliss-reactive ketones (excluding diaryl/α,β-unsaturated/α-hetero) is 1. The molecule has 1 rings (SSSR count). The molecule has 3 heteroatoms. The number of benzene rings is 1. The largest absolute Gasteiger partial charge is 0.294 e. The van der Waals surface area contributed by atoms with Crippen molar-refractivity contribution in [3.63, 3.8) is 0 Å². The lowest BCUT2D eigenvalue weighted by atomic mass is 9.91. The third kappa shape index (κ3) is 4.52. The van der Waals surface area contributed by atoms with Gasteiger partial charge in [0.1, 0.15) is 5.82 Å². The Kier molecular flexibility index (Phi) is 6.55. The van der Waals surface area contributed by atoms with E-state index in [1.54, 1.807) is 6.07 Å². The topological polar surface area (TPSA) is 17.1 Å². The number of carbonyl (C=O) groups excluding carboxylic acids is 1. The Balaban J connectivity index is 2.71. The van der Waals surface area contributed by atoms with Gasteiger partial charge in [-0.1, -0.05) is 55.5 Å². The van der Waals surface area contributed by atoms with Crippen molar-refractivity contribution in [2.75, 3.05) is 0 Å². The Morgan fingerprint density at radius 1 is 1.39 bits per heavy atom. The maximum atomic E-state index is 13.2. The van der Waals surface area contributed by atoms with Gasteiger partial charge in [0.2, 0.25) is 0 Å². The molecule has 0 saturated heterocycles. The van der Waals surface area contributed by atoms with Crippen LogP contribution in [-0.2, 0) is 0 Å². The Morgan fingerprint density at radius 3 is 2.72 bits per heavy atom. The van der Waals surface area contributed by atoms with E-state index in [9.17, 15) is 9.18 Å². The van der Waals surface area contributed by atoms with Gasteiger partial charge >= 0.3 is 0 Å². The summed E-state index contributed by atoms with van der Waals surface area (Å²) >= 11 is 3.31. The third-order valence-electron chi connectivity index (χ3n) is 3.25. The first-order valence-electron chi connectivity index (χ1n) is 6.56. The van der Waals surface area contributed by atoms with Gasteiger partial charge in [-0.15, -0.1) is 0 Å². The molecule has 0 radical (unpaired) electrons. The van der Waals surface area contributed by atoms with Crippen LogP contribution in [0, 0.1) is 11.7 Å². The number of hydrogen-bond donors (Lipinski definition) is 0. The van der Waals surface area contributed by atoms with Crippen molar-refractivity contribution < 1.29 is 9.18 Å². The molecule has 0 saturated carbocycles. The second-order valence-corrected chi connectivity index (χ2v) is 5.52. The predicted molar refractivity (Wildman–Crippen MR) is 76.4 cm³/mol. The highest BCUT2D eigenvalue weighted by Crippen LogP contribution is 2.24. The average Bonchev–Trinajstić information content (AvgIpc) is 2.37. The summed E-state index contributed by atoms with van der Waals surface area (Å²) in [4.78, 5) is 12.2. The zero-order valence-corrected chi connectivity index (χ0v) is 12.6. The van der Waals surface area contributed by atoms with Crippen LogP contribution in [0.4, 0.5) is 4.39 Å². The summed E-state index contributed by atoms with van der Waals surface area (Å²) in [7, 11) is 0. The van der Waals surface area contributed by atoms with Gasteiger partial charge in [-0.25, -0.2) is 4.39 Å². The van der Waals surface area contributed by atoms with E-state index in [-0.39, 0.29) is 11.6 Å². The molecule has 0 aliphatic heterocycles. The Hall–Kier alpha value is -0.700. The monoisotopic (exact) mass is 314 g/mol. The van der Waals surface area contributed by atoms with Crippen LogP contribution >= 0.6 is 15.9 Å².